The average molecular weight is 298 g/mol. The van der Waals surface area contributed by atoms with Crippen LogP contribution in [0.3, 0.4) is 0 Å². The summed E-state index contributed by atoms with van der Waals surface area (Å²) in [6.45, 7) is 8.83. The fourth-order valence-corrected chi connectivity index (χ4v) is 2.60. The first kappa shape index (κ1) is 16.2. The maximum absolute atomic E-state index is 6.13. The van der Waals surface area contributed by atoms with E-state index in [9.17, 15) is 0 Å². The minimum Gasteiger partial charge on any atom is -0.497 e. The molecule has 0 aliphatic carbocycles. The topological polar surface area (TPSA) is 47.3 Å². The Hall–Kier alpha value is -2.16. The SMILES string of the molecule is COc1ccc(N)c(Nc2c(C(C)C)cccc2C(C)C)c1. The van der Waals surface area contributed by atoms with Gasteiger partial charge >= 0.3 is 0 Å². The highest BCUT2D eigenvalue weighted by Crippen LogP contribution is 2.36. The van der Waals surface area contributed by atoms with Crippen LogP contribution in [0.1, 0.15) is 50.7 Å². The third-order valence-electron chi connectivity index (χ3n) is 3.89. The molecule has 0 aliphatic rings. The Morgan fingerprint density at radius 2 is 1.55 bits per heavy atom. The van der Waals surface area contributed by atoms with Crippen LogP contribution in [0.4, 0.5) is 17.1 Å². The van der Waals surface area contributed by atoms with E-state index in [1.165, 1.54) is 11.1 Å². The van der Waals surface area contributed by atoms with Crippen molar-refractivity contribution in [3.63, 3.8) is 0 Å². The lowest BCUT2D eigenvalue weighted by atomic mass is 9.92. The summed E-state index contributed by atoms with van der Waals surface area (Å²) in [4.78, 5) is 0. The van der Waals surface area contributed by atoms with Crippen LogP contribution in [0.15, 0.2) is 36.4 Å². The Labute approximate surface area is 133 Å². The van der Waals surface area contributed by atoms with Crippen molar-refractivity contribution in [2.75, 3.05) is 18.2 Å². The van der Waals surface area contributed by atoms with E-state index in [1.54, 1.807) is 7.11 Å². The lowest BCUT2D eigenvalue weighted by Crippen LogP contribution is -2.05. The molecule has 0 saturated heterocycles. The molecule has 3 nitrogen and oxygen atoms in total. The van der Waals surface area contributed by atoms with Gasteiger partial charge in [0.15, 0.2) is 0 Å². The van der Waals surface area contributed by atoms with Crippen LogP contribution in [0, 0.1) is 0 Å². The molecule has 2 aromatic rings. The fraction of sp³-hybridized carbons (Fsp3) is 0.368. The molecular formula is C19H26N2O. The van der Waals surface area contributed by atoms with Crippen LogP contribution in [-0.2, 0) is 0 Å². The summed E-state index contributed by atoms with van der Waals surface area (Å²) in [5.41, 5.74) is 11.5. The second-order valence-corrected chi connectivity index (χ2v) is 6.20. The van der Waals surface area contributed by atoms with E-state index in [-0.39, 0.29) is 0 Å². The van der Waals surface area contributed by atoms with E-state index in [1.807, 2.05) is 18.2 Å². The number of methoxy groups -OCH3 is 1. The molecule has 0 unspecified atom stereocenters. The largest absolute Gasteiger partial charge is 0.497 e. The highest BCUT2D eigenvalue weighted by Gasteiger charge is 2.15. The minimum atomic E-state index is 0.438. The van der Waals surface area contributed by atoms with Gasteiger partial charge < -0.3 is 15.8 Å². The maximum Gasteiger partial charge on any atom is 0.121 e. The standard InChI is InChI=1S/C19H26N2O/c1-12(2)15-7-6-8-16(13(3)4)19(15)21-18-11-14(22-5)9-10-17(18)20/h6-13,21H,20H2,1-5H3. The second-order valence-electron chi connectivity index (χ2n) is 6.20. The van der Waals surface area contributed by atoms with Gasteiger partial charge in [-0.2, -0.15) is 0 Å². The molecule has 0 amide bonds. The van der Waals surface area contributed by atoms with Crippen LogP contribution < -0.4 is 15.8 Å². The molecule has 3 N–H and O–H groups in total. The quantitative estimate of drug-likeness (QED) is 0.739. The number of nitrogens with one attached hydrogen (secondary N) is 1. The molecule has 2 aromatic carbocycles. The Balaban J connectivity index is 2.52. The molecule has 2 rings (SSSR count). The maximum atomic E-state index is 6.13. The van der Waals surface area contributed by atoms with E-state index in [0.717, 1.165) is 17.1 Å². The van der Waals surface area contributed by atoms with Crippen molar-refractivity contribution in [2.45, 2.75) is 39.5 Å². The summed E-state index contributed by atoms with van der Waals surface area (Å²) in [5, 5.41) is 3.54. The number of para-hydroxylation sites is 1. The molecule has 0 bridgehead atoms. The van der Waals surface area contributed by atoms with Gasteiger partial charge in [0.1, 0.15) is 5.75 Å². The van der Waals surface area contributed by atoms with E-state index >= 15 is 0 Å². The number of anilines is 3. The van der Waals surface area contributed by atoms with E-state index in [0.29, 0.717) is 17.5 Å². The van der Waals surface area contributed by atoms with Crippen molar-refractivity contribution in [3.8, 4) is 5.75 Å². The Morgan fingerprint density at radius 3 is 2.05 bits per heavy atom. The summed E-state index contributed by atoms with van der Waals surface area (Å²) in [6.07, 6.45) is 0. The van der Waals surface area contributed by atoms with Gasteiger partial charge in [-0.15, -0.1) is 0 Å². The summed E-state index contributed by atoms with van der Waals surface area (Å²) in [5.74, 6) is 1.67. The van der Waals surface area contributed by atoms with Crippen LogP contribution in [0.2, 0.25) is 0 Å². The Kier molecular flexibility index (Phi) is 4.96. The van der Waals surface area contributed by atoms with Gasteiger partial charge in [0.05, 0.1) is 18.5 Å². The monoisotopic (exact) mass is 298 g/mol. The van der Waals surface area contributed by atoms with Crippen LogP contribution in [-0.4, -0.2) is 7.11 Å². The van der Waals surface area contributed by atoms with Gasteiger partial charge in [-0.3, -0.25) is 0 Å². The molecule has 0 atom stereocenters. The fourth-order valence-electron chi connectivity index (χ4n) is 2.60. The van der Waals surface area contributed by atoms with Crippen molar-refractivity contribution in [3.05, 3.63) is 47.5 Å². The molecule has 3 heteroatoms. The number of rotatable bonds is 5. The zero-order valence-corrected chi connectivity index (χ0v) is 14.1. The van der Waals surface area contributed by atoms with Crippen molar-refractivity contribution in [2.24, 2.45) is 0 Å². The molecule has 0 aliphatic heterocycles. The number of hydrogen-bond donors (Lipinski definition) is 2. The predicted molar refractivity (Wildman–Crippen MR) is 95.3 cm³/mol. The normalized spacial score (nSPS) is 11.0. The number of ether oxygens (including phenoxy) is 1. The first-order chi connectivity index (χ1) is 10.4. The summed E-state index contributed by atoms with van der Waals surface area (Å²) in [7, 11) is 1.66. The van der Waals surface area contributed by atoms with Gasteiger partial charge in [-0.25, -0.2) is 0 Å². The van der Waals surface area contributed by atoms with Crippen molar-refractivity contribution >= 4 is 17.1 Å². The smallest absolute Gasteiger partial charge is 0.121 e. The minimum absolute atomic E-state index is 0.438. The van der Waals surface area contributed by atoms with Gasteiger partial charge in [0.25, 0.3) is 0 Å². The molecule has 0 fully saturated rings. The molecular weight excluding hydrogens is 272 g/mol. The lowest BCUT2D eigenvalue weighted by molar-refractivity contribution is 0.415. The lowest BCUT2D eigenvalue weighted by Gasteiger charge is -2.22. The van der Waals surface area contributed by atoms with Crippen molar-refractivity contribution < 1.29 is 4.74 Å². The first-order valence-corrected chi connectivity index (χ1v) is 7.77. The highest BCUT2D eigenvalue weighted by atomic mass is 16.5. The third-order valence-corrected chi connectivity index (χ3v) is 3.89. The summed E-state index contributed by atoms with van der Waals surface area (Å²) < 4.78 is 5.31. The summed E-state index contributed by atoms with van der Waals surface area (Å²) >= 11 is 0. The molecule has 0 heterocycles. The third kappa shape index (κ3) is 3.35. The molecule has 0 radical (unpaired) electrons. The van der Waals surface area contributed by atoms with Crippen LogP contribution in [0.25, 0.3) is 0 Å². The van der Waals surface area contributed by atoms with Gasteiger partial charge in [0, 0.05) is 11.8 Å². The van der Waals surface area contributed by atoms with Crippen molar-refractivity contribution in [1.29, 1.82) is 0 Å². The van der Waals surface area contributed by atoms with Gasteiger partial charge in [0.2, 0.25) is 0 Å². The molecule has 118 valence electrons. The molecule has 22 heavy (non-hydrogen) atoms. The highest BCUT2D eigenvalue weighted by molar-refractivity contribution is 5.77. The van der Waals surface area contributed by atoms with E-state index in [4.69, 9.17) is 10.5 Å². The number of nitrogen functional groups attached to an aromatic ring is 1. The first-order valence-electron chi connectivity index (χ1n) is 7.77. The number of hydrogen-bond acceptors (Lipinski definition) is 3. The number of nitrogens with two attached hydrogens (primary N) is 1. The zero-order chi connectivity index (χ0) is 16.3. The van der Waals surface area contributed by atoms with Gasteiger partial charge in [-0.05, 0) is 35.1 Å². The zero-order valence-electron chi connectivity index (χ0n) is 14.1. The molecule has 0 spiro atoms. The number of benzene rings is 2. The summed E-state index contributed by atoms with van der Waals surface area (Å²) in [6, 6.07) is 12.2. The Morgan fingerprint density at radius 1 is 0.955 bits per heavy atom. The van der Waals surface area contributed by atoms with Crippen molar-refractivity contribution in [1.82, 2.24) is 0 Å². The van der Waals surface area contributed by atoms with Crippen LogP contribution in [0.5, 0.6) is 5.75 Å². The molecule has 0 aromatic heterocycles. The average Bonchev–Trinajstić information content (AvgIpc) is 2.49. The van der Waals surface area contributed by atoms with Gasteiger partial charge in [-0.1, -0.05) is 45.9 Å². The predicted octanol–water partition coefficient (Wildman–Crippen LogP) is 5.27. The molecule has 0 saturated carbocycles. The van der Waals surface area contributed by atoms with E-state index < -0.39 is 0 Å². The second kappa shape index (κ2) is 6.73. The van der Waals surface area contributed by atoms with Crippen LogP contribution >= 0.6 is 0 Å². The Bertz CT molecular complexity index is 622. The van der Waals surface area contributed by atoms with E-state index in [2.05, 4.69) is 51.2 Å².